The van der Waals surface area contributed by atoms with Gasteiger partial charge in [-0.15, -0.1) is 0 Å². The summed E-state index contributed by atoms with van der Waals surface area (Å²) in [5, 5.41) is 0. The van der Waals surface area contributed by atoms with Crippen molar-refractivity contribution in [3.63, 3.8) is 0 Å². The molecule has 3 rings (SSSR count). The minimum Gasteiger partial charge on any atom is -0.184 e. The molecule has 0 aromatic heterocycles. The van der Waals surface area contributed by atoms with E-state index in [0.717, 1.165) is 0 Å². The summed E-state index contributed by atoms with van der Waals surface area (Å²) in [5.74, 6) is 0. The fourth-order valence-corrected chi connectivity index (χ4v) is 1.03. The molecule has 0 heterocycles. The summed E-state index contributed by atoms with van der Waals surface area (Å²) in [4.78, 5) is 0. The van der Waals surface area contributed by atoms with Crippen molar-refractivity contribution in [2.24, 2.45) is 0 Å². The van der Waals surface area contributed by atoms with E-state index in [2.05, 4.69) is 18.2 Å². The van der Waals surface area contributed by atoms with Gasteiger partial charge < -0.3 is 0 Å². The topological polar surface area (TPSA) is 17.1 Å². The van der Waals surface area contributed by atoms with Gasteiger partial charge in [0.2, 0.25) is 0 Å². The quantitative estimate of drug-likeness (QED) is 0.342. The van der Waals surface area contributed by atoms with Crippen LogP contribution in [0.5, 0.6) is 0 Å². The Bertz CT molecular complexity index is 322. The second-order valence-corrected chi connectivity index (χ2v) is 3.23. The Labute approximate surface area is 143 Å². The Hall–Kier alpha value is -1.55. The van der Waals surface area contributed by atoms with Gasteiger partial charge in [0.25, 0.3) is 0 Å². The zero-order chi connectivity index (χ0) is 14.7. The van der Waals surface area contributed by atoms with Gasteiger partial charge in [-0.05, 0) is 0 Å². The normalized spacial score (nSPS) is 7.05. The van der Waals surface area contributed by atoms with Crippen LogP contribution in [0.25, 0.3) is 0 Å². The van der Waals surface area contributed by atoms with E-state index in [-0.39, 0.29) is 21.1 Å². The van der Waals surface area contributed by atoms with E-state index >= 15 is 0 Å². The monoisotopic (exact) mass is 475 g/mol. The number of benzene rings is 3. The summed E-state index contributed by atoms with van der Waals surface area (Å²) < 4.78 is 8.17. The second kappa shape index (κ2) is 20.8. The van der Waals surface area contributed by atoms with Gasteiger partial charge in [-0.25, -0.2) is 0 Å². The minimum absolute atomic E-state index is 0. The maximum absolute atomic E-state index is 8.17. The van der Waals surface area contributed by atoms with Crippen LogP contribution in [-0.4, -0.2) is 0 Å². The van der Waals surface area contributed by atoms with Gasteiger partial charge in [0.15, 0.2) is 0 Å². The molecular formula is C18H17OPPt-2. The van der Waals surface area contributed by atoms with Crippen molar-refractivity contribution >= 4 is 9.12 Å². The van der Waals surface area contributed by atoms with Gasteiger partial charge in [0.05, 0.1) is 0 Å². The van der Waals surface area contributed by atoms with Crippen LogP contribution in [-0.2, 0) is 25.6 Å². The maximum Gasteiger partial charge on any atom is 0.310 e. The van der Waals surface area contributed by atoms with Gasteiger partial charge in [-0.2, -0.15) is 109 Å². The minimum atomic E-state index is 0. The summed E-state index contributed by atoms with van der Waals surface area (Å²) in [6, 6.07) is 37.5. The third-order valence-electron chi connectivity index (χ3n) is 1.82. The molecule has 0 aliphatic heterocycles. The summed E-state index contributed by atoms with van der Waals surface area (Å²) in [6.45, 7) is 0. The molecule has 0 bridgehead atoms. The molecule has 21 heavy (non-hydrogen) atoms. The molecule has 3 heteroatoms. The molecule has 0 amide bonds. The zero-order valence-electron chi connectivity index (χ0n) is 11.5. The molecule has 0 spiro atoms. The van der Waals surface area contributed by atoms with E-state index in [1.54, 1.807) is 0 Å². The Morgan fingerprint density at radius 3 is 0.667 bits per heavy atom. The SMILES string of the molecule is O=[PH2+].[Pt].[c-]1ccccc1.[c-]1ccccc1.[c-]1ccccc1. The fraction of sp³-hybridized carbons (Fsp3) is 0. The largest absolute Gasteiger partial charge is 0.310 e. The molecule has 0 saturated carbocycles. The molecule has 1 atom stereocenters. The first-order valence-electron chi connectivity index (χ1n) is 5.97. The van der Waals surface area contributed by atoms with Crippen LogP contribution in [0.15, 0.2) is 91.0 Å². The van der Waals surface area contributed by atoms with Crippen molar-refractivity contribution in [2.75, 3.05) is 0 Å². The van der Waals surface area contributed by atoms with Crippen LogP contribution in [0, 0.1) is 18.2 Å². The molecule has 3 aromatic carbocycles. The number of hydrogen-bond donors (Lipinski definition) is 0. The predicted octanol–water partition coefficient (Wildman–Crippen LogP) is 4.66. The van der Waals surface area contributed by atoms with Gasteiger partial charge >= 0.3 is 9.12 Å². The van der Waals surface area contributed by atoms with Gasteiger partial charge in [0.1, 0.15) is 0 Å². The number of rotatable bonds is 0. The van der Waals surface area contributed by atoms with Crippen LogP contribution in [0.3, 0.4) is 0 Å². The molecule has 0 N–H and O–H groups in total. The van der Waals surface area contributed by atoms with Crippen LogP contribution >= 0.6 is 9.12 Å². The molecule has 1 unspecified atom stereocenters. The molecule has 0 saturated heterocycles. The third kappa shape index (κ3) is 18.4. The van der Waals surface area contributed by atoms with Gasteiger partial charge in [-0.1, -0.05) is 4.57 Å². The van der Waals surface area contributed by atoms with Crippen molar-refractivity contribution in [3.8, 4) is 0 Å². The Morgan fingerprint density at radius 2 is 0.619 bits per heavy atom. The molecular weight excluding hydrogens is 458 g/mol. The Morgan fingerprint density at radius 1 is 0.429 bits per heavy atom. The molecule has 3 aromatic rings. The molecule has 1 nitrogen and oxygen atoms in total. The van der Waals surface area contributed by atoms with E-state index in [1.165, 1.54) is 9.12 Å². The molecule has 0 fully saturated rings. The van der Waals surface area contributed by atoms with E-state index in [9.17, 15) is 0 Å². The molecule has 0 radical (unpaired) electrons. The van der Waals surface area contributed by atoms with Crippen LogP contribution in [0.4, 0.5) is 0 Å². The van der Waals surface area contributed by atoms with Crippen LogP contribution in [0.1, 0.15) is 0 Å². The maximum atomic E-state index is 8.17. The summed E-state index contributed by atoms with van der Waals surface area (Å²) >= 11 is 0. The van der Waals surface area contributed by atoms with E-state index in [4.69, 9.17) is 4.57 Å². The van der Waals surface area contributed by atoms with Crippen molar-refractivity contribution < 1.29 is 25.6 Å². The molecule has 112 valence electrons. The first kappa shape index (κ1) is 21.7. The van der Waals surface area contributed by atoms with E-state index in [1.807, 2.05) is 91.0 Å². The zero-order valence-corrected chi connectivity index (χ0v) is 14.9. The van der Waals surface area contributed by atoms with Crippen molar-refractivity contribution in [1.29, 1.82) is 0 Å². The smallest absolute Gasteiger partial charge is 0.184 e. The van der Waals surface area contributed by atoms with E-state index < -0.39 is 0 Å². The van der Waals surface area contributed by atoms with Crippen molar-refractivity contribution in [1.82, 2.24) is 0 Å². The summed E-state index contributed by atoms with van der Waals surface area (Å²) in [5.41, 5.74) is 0. The average molecular weight is 475 g/mol. The molecule has 0 aliphatic rings. The van der Waals surface area contributed by atoms with Crippen molar-refractivity contribution in [3.05, 3.63) is 109 Å². The molecule has 0 aliphatic carbocycles. The Kier molecular flexibility index (Phi) is 21.5. The standard InChI is InChI=1S/3C6H5.H2OP.Pt/c3*1-2-4-6-5-3-1;1-2;/h3*1-5H;2H2;/q3*-1;+1;. The van der Waals surface area contributed by atoms with E-state index in [0.29, 0.717) is 0 Å². The summed E-state index contributed by atoms with van der Waals surface area (Å²) in [7, 11) is 1.17. The fourth-order valence-electron chi connectivity index (χ4n) is 1.03. The number of hydrogen-bond acceptors (Lipinski definition) is 1. The first-order chi connectivity index (χ1) is 10.0. The van der Waals surface area contributed by atoms with Gasteiger partial charge in [-0.3, -0.25) is 0 Å². The van der Waals surface area contributed by atoms with Crippen LogP contribution in [0.2, 0.25) is 0 Å². The predicted molar refractivity (Wildman–Crippen MR) is 86.2 cm³/mol. The second-order valence-electron chi connectivity index (χ2n) is 3.23. The summed E-state index contributed by atoms with van der Waals surface area (Å²) in [6.07, 6.45) is 0. The van der Waals surface area contributed by atoms with Gasteiger partial charge in [0, 0.05) is 21.1 Å². The van der Waals surface area contributed by atoms with Crippen molar-refractivity contribution in [2.45, 2.75) is 0 Å². The average Bonchev–Trinajstić information content (AvgIpc) is 2.62. The first-order valence-corrected chi connectivity index (χ1v) is 6.44. The van der Waals surface area contributed by atoms with Crippen LogP contribution < -0.4 is 0 Å². The third-order valence-corrected chi connectivity index (χ3v) is 1.82. The Balaban J connectivity index is 0.